The summed E-state index contributed by atoms with van der Waals surface area (Å²) in [6.07, 6.45) is 3.96. The van der Waals surface area contributed by atoms with Crippen LogP contribution in [0.1, 0.15) is 97.9 Å². The fourth-order valence-electron chi connectivity index (χ4n) is 8.21. The molecule has 0 saturated carbocycles. The smallest absolute Gasteiger partial charge is 0.312 e. The first-order valence-electron chi connectivity index (χ1n) is 20.0. The van der Waals surface area contributed by atoms with Crippen LogP contribution in [-0.2, 0) is 23.8 Å². The van der Waals surface area contributed by atoms with Crippen LogP contribution in [0.25, 0.3) is 0 Å². The lowest BCUT2D eigenvalue weighted by molar-refractivity contribution is -0.160. The predicted octanol–water partition coefficient (Wildman–Crippen LogP) is 3.24. The molecule has 1 saturated heterocycles. The van der Waals surface area contributed by atoms with Crippen molar-refractivity contribution in [3.8, 4) is 11.5 Å². The number of ketones is 3. The standard InChI is InChI=1S/C43H55N5O12S/c1-19-11-10-12-20(2)41(56)45-31-32(48-16-13-26(14-17-48)46-47-42(44)61)37(54)28-29(36(31)53)35(52)24(6)39-30(28)40(55)43(8,60-39)58-18-15-27(57-9)21(3)38(59-25(7)49)23(5)34(51)22(4)33(19)50/h10-12,15,18-19,21-23,27,33-34,38,50-52H,13-14,16-17H2,1-9H3,(H,45,56)(H3,44,47,61)/b11-10+,18-15+,20-12-/t19-,21+,22+,23+,27-,33-,34+,38+,43-/m0/s1. The number of methoxy groups -OCH3 is 1. The Balaban J connectivity index is 1.66. The Morgan fingerprint density at radius 3 is 2.26 bits per heavy atom. The maximum atomic E-state index is 14.9. The number of carbonyl (C=O) groups is 5. The van der Waals surface area contributed by atoms with Gasteiger partial charge in [-0.05, 0) is 32.1 Å². The molecule has 6 rings (SSSR count). The number of phenols is 1. The summed E-state index contributed by atoms with van der Waals surface area (Å²) in [5.41, 5.74) is 7.11. The zero-order chi connectivity index (χ0) is 45.2. The van der Waals surface area contributed by atoms with Gasteiger partial charge in [-0.2, -0.15) is 5.10 Å². The maximum Gasteiger partial charge on any atom is 0.312 e. The monoisotopic (exact) mass is 865 g/mol. The van der Waals surface area contributed by atoms with Gasteiger partial charge in [-0.15, -0.1) is 0 Å². The molecule has 1 fully saturated rings. The number of nitrogens with two attached hydrogens (primary N) is 1. The van der Waals surface area contributed by atoms with Gasteiger partial charge in [0.2, 0.25) is 11.6 Å². The highest BCUT2D eigenvalue weighted by atomic mass is 32.1. The van der Waals surface area contributed by atoms with E-state index in [1.807, 2.05) is 0 Å². The Hall–Kier alpha value is -5.43. The van der Waals surface area contributed by atoms with E-state index in [1.54, 1.807) is 44.7 Å². The summed E-state index contributed by atoms with van der Waals surface area (Å²) < 4.78 is 23.6. The molecule has 0 spiro atoms. The summed E-state index contributed by atoms with van der Waals surface area (Å²) in [6.45, 7) is 12.7. The second-order valence-electron chi connectivity index (χ2n) is 16.2. The second kappa shape index (κ2) is 18.7. The molecule has 1 aromatic rings. The van der Waals surface area contributed by atoms with Crippen molar-refractivity contribution in [1.82, 2.24) is 15.6 Å². The van der Waals surface area contributed by atoms with Crippen molar-refractivity contribution in [2.24, 2.45) is 34.5 Å². The first kappa shape index (κ1) is 46.6. The Bertz CT molecular complexity index is 2150. The molecule has 18 heteroatoms. The minimum absolute atomic E-state index is 0.0183. The van der Waals surface area contributed by atoms with Gasteiger partial charge in [0.05, 0.1) is 41.3 Å². The quantitative estimate of drug-likeness (QED) is 0.144. The van der Waals surface area contributed by atoms with E-state index in [-0.39, 0.29) is 46.3 Å². The number of carbonyl (C=O) groups excluding carboxylic acids is 5. The number of nitrogens with one attached hydrogen (secondary N) is 2. The predicted molar refractivity (Wildman–Crippen MR) is 226 cm³/mol. The first-order chi connectivity index (χ1) is 28.6. The van der Waals surface area contributed by atoms with Gasteiger partial charge in [0.15, 0.2) is 5.11 Å². The third-order valence-electron chi connectivity index (χ3n) is 11.9. The highest BCUT2D eigenvalue weighted by molar-refractivity contribution is 7.80. The molecular weight excluding hydrogens is 811 g/mol. The molecule has 1 amide bonds. The van der Waals surface area contributed by atoms with E-state index in [4.69, 9.17) is 36.9 Å². The van der Waals surface area contributed by atoms with Crippen LogP contribution in [0.5, 0.6) is 11.5 Å². The number of hydrogen-bond donors (Lipinski definition) is 6. The summed E-state index contributed by atoms with van der Waals surface area (Å²) in [5.74, 6) is -9.36. The molecule has 61 heavy (non-hydrogen) atoms. The number of rotatable bonds is 4. The van der Waals surface area contributed by atoms with Gasteiger partial charge in [-0.25, -0.2) is 0 Å². The number of likely N-dealkylation sites (tertiary alicyclic amines) is 1. The van der Waals surface area contributed by atoms with E-state index in [0.717, 1.165) is 0 Å². The molecule has 330 valence electrons. The minimum atomic E-state index is -2.11. The number of nitrogens with zero attached hydrogens (tertiary/aromatic N) is 2. The van der Waals surface area contributed by atoms with E-state index in [0.29, 0.717) is 18.6 Å². The molecule has 5 bridgehead atoms. The topological polar surface area (TPSA) is 249 Å². The Morgan fingerprint density at radius 2 is 1.66 bits per heavy atom. The fourth-order valence-corrected chi connectivity index (χ4v) is 8.26. The number of thiocarbonyl (C=S) groups is 1. The zero-order valence-corrected chi connectivity index (χ0v) is 36.5. The average Bonchev–Trinajstić information content (AvgIpc) is 3.48. The number of Topliss-reactive ketones (excluding diaryl/α,β-unsaturated/α-hetero) is 3. The van der Waals surface area contributed by atoms with Crippen LogP contribution in [0.2, 0.25) is 0 Å². The van der Waals surface area contributed by atoms with Crippen LogP contribution in [0.4, 0.5) is 0 Å². The molecule has 4 heterocycles. The number of piperidine rings is 1. The molecule has 5 aliphatic rings. The number of aromatic hydroxyl groups is 1. The van der Waals surface area contributed by atoms with Gasteiger partial charge in [0.1, 0.15) is 29.0 Å². The molecular formula is C43H55N5O12S. The molecule has 0 aromatic heterocycles. The van der Waals surface area contributed by atoms with E-state index in [9.17, 15) is 39.3 Å². The van der Waals surface area contributed by atoms with E-state index in [1.165, 1.54) is 53.2 Å². The summed E-state index contributed by atoms with van der Waals surface area (Å²) in [4.78, 5) is 71.8. The number of benzene rings is 1. The van der Waals surface area contributed by atoms with Crippen molar-refractivity contribution in [3.63, 3.8) is 0 Å². The van der Waals surface area contributed by atoms with Crippen molar-refractivity contribution in [2.45, 2.75) is 98.4 Å². The normalized spacial score (nSPS) is 32.0. The Kier molecular flexibility index (Phi) is 14.3. The number of amides is 1. The number of ether oxygens (including phenoxy) is 4. The molecule has 4 aliphatic heterocycles. The summed E-state index contributed by atoms with van der Waals surface area (Å²) >= 11 is 4.86. The molecule has 9 atom stereocenters. The summed E-state index contributed by atoms with van der Waals surface area (Å²) in [6, 6.07) is 0. The van der Waals surface area contributed by atoms with Crippen molar-refractivity contribution in [3.05, 3.63) is 69.8 Å². The van der Waals surface area contributed by atoms with Crippen LogP contribution in [0.15, 0.2) is 52.6 Å². The summed E-state index contributed by atoms with van der Waals surface area (Å²) in [7, 11) is 1.42. The molecule has 17 nitrogen and oxygen atoms in total. The van der Waals surface area contributed by atoms with Crippen molar-refractivity contribution in [1.29, 1.82) is 0 Å². The molecule has 7 N–H and O–H groups in total. The van der Waals surface area contributed by atoms with E-state index in [2.05, 4.69) is 15.8 Å². The van der Waals surface area contributed by atoms with Crippen LogP contribution in [0, 0.1) is 30.6 Å². The molecule has 1 aliphatic carbocycles. The molecule has 0 unspecified atom stereocenters. The van der Waals surface area contributed by atoms with Gasteiger partial charge >= 0.3 is 11.8 Å². The lowest BCUT2D eigenvalue weighted by Gasteiger charge is -2.38. The third kappa shape index (κ3) is 9.27. The highest BCUT2D eigenvalue weighted by Gasteiger charge is 2.53. The number of aliphatic hydroxyl groups excluding tert-OH is 2. The van der Waals surface area contributed by atoms with Crippen molar-refractivity contribution < 1.29 is 58.2 Å². The van der Waals surface area contributed by atoms with Gasteiger partial charge < -0.3 is 50.2 Å². The lowest BCUT2D eigenvalue weighted by Crippen LogP contribution is -2.46. The van der Waals surface area contributed by atoms with E-state index < -0.39 is 106 Å². The van der Waals surface area contributed by atoms with Gasteiger partial charge in [0, 0.05) is 87.4 Å². The average molecular weight is 866 g/mol. The lowest BCUT2D eigenvalue weighted by atomic mass is 9.78. The largest absolute Gasteiger partial charge is 0.507 e. The number of aliphatic hydroxyl groups is 2. The highest BCUT2D eigenvalue weighted by Crippen LogP contribution is 2.49. The third-order valence-corrected chi connectivity index (χ3v) is 12.0. The second-order valence-corrected chi connectivity index (χ2v) is 16.6. The van der Waals surface area contributed by atoms with E-state index >= 15 is 0 Å². The Morgan fingerprint density at radius 1 is 1.00 bits per heavy atom. The van der Waals surface area contributed by atoms with Crippen molar-refractivity contribution >= 4 is 52.3 Å². The summed E-state index contributed by atoms with van der Waals surface area (Å²) in [5, 5.41) is 41.3. The van der Waals surface area contributed by atoms with Crippen molar-refractivity contribution in [2.75, 3.05) is 20.2 Å². The molecule has 0 radical (unpaired) electrons. The maximum absolute atomic E-state index is 14.9. The number of esters is 1. The minimum Gasteiger partial charge on any atom is -0.507 e. The number of hydrogen-bond acceptors (Lipinski definition) is 15. The Labute approximate surface area is 359 Å². The number of fused-ring (bicyclic) bond motifs is 14. The van der Waals surface area contributed by atoms with Gasteiger partial charge in [-0.1, -0.05) is 45.9 Å². The van der Waals surface area contributed by atoms with Crippen LogP contribution < -0.4 is 21.2 Å². The molecule has 1 aromatic carbocycles. The van der Waals surface area contributed by atoms with Gasteiger partial charge in [0.25, 0.3) is 11.7 Å². The zero-order valence-electron chi connectivity index (χ0n) is 35.7. The van der Waals surface area contributed by atoms with Gasteiger partial charge in [-0.3, -0.25) is 29.4 Å². The first-order valence-corrected chi connectivity index (χ1v) is 20.5. The van der Waals surface area contributed by atoms with Crippen LogP contribution in [0.3, 0.4) is 0 Å². The number of hydrazone groups is 1. The van der Waals surface area contributed by atoms with Crippen LogP contribution in [-0.4, -0.2) is 111 Å². The SMILES string of the molecule is CO[C@H]1/C=C/O[C@@]2(C)Oc3c(C)c(O)c4c(c3C2=O)C(=O)C(N2CCC(=NNC(N)=S)CC2)=C(NC(=O)/C(C)=C\C=C\[C@H](C)[C@H](O)[C@@H](C)[C@@H](O)[C@@H](C)[C@H](OC(C)=O)[C@@H]1C)C4=O. The van der Waals surface area contributed by atoms with Crippen LogP contribution >= 0.6 is 12.2 Å². The fraction of sp³-hybridized carbons (Fsp3) is 0.512. The number of allylic oxidation sites excluding steroid dienone is 4. The number of phenolic OH excluding ortho intramolecular Hbond substituents is 1.